The van der Waals surface area contributed by atoms with Crippen LogP contribution in [0.4, 0.5) is 5.69 Å². The van der Waals surface area contributed by atoms with Gasteiger partial charge >= 0.3 is 0 Å². The first-order valence-electron chi connectivity index (χ1n) is 8.60. The number of benzene rings is 3. The van der Waals surface area contributed by atoms with Crippen LogP contribution in [0.1, 0.15) is 33.0 Å². The molecule has 0 aromatic heterocycles. The van der Waals surface area contributed by atoms with E-state index in [-0.39, 0.29) is 5.92 Å². The molecule has 1 aliphatic carbocycles. The molecule has 4 nitrogen and oxygen atoms in total. The molecule has 0 aliphatic heterocycles. The van der Waals surface area contributed by atoms with Gasteiger partial charge in [0.15, 0.2) is 0 Å². The molecule has 4 rings (SSSR count). The zero-order chi connectivity index (χ0) is 18.3. The molecule has 5 N–H and O–H groups in total. The summed E-state index contributed by atoms with van der Waals surface area (Å²) < 4.78 is 0. The summed E-state index contributed by atoms with van der Waals surface area (Å²) in [7, 11) is 0. The quantitative estimate of drug-likeness (QED) is 0.638. The van der Waals surface area contributed by atoms with E-state index < -0.39 is 12.0 Å². The summed E-state index contributed by atoms with van der Waals surface area (Å²) in [5.41, 5.74) is 17.6. The number of carbonyl (C=O) groups is 1. The van der Waals surface area contributed by atoms with E-state index in [2.05, 4.69) is 0 Å². The van der Waals surface area contributed by atoms with Gasteiger partial charge in [0, 0.05) is 17.2 Å². The largest absolute Gasteiger partial charge is 0.399 e. The number of carbonyl (C=O) groups excluding carboxylic acids is 1. The molecule has 0 radical (unpaired) electrons. The van der Waals surface area contributed by atoms with E-state index in [4.69, 9.17) is 11.5 Å². The second kappa shape index (κ2) is 6.32. The van der Waals surface area contributed by atoms with E-state index in [9.17, 15) is 9.90 Å². The smallest absolute Gasteiger partial charge is 0.248 e. The Bertz CT molecular complexity index is 983. The Kier molecular flexibility index (Phi) is 3.98. The zero-order valence-electron chi connectivity index (χ0n) is 14.2. The van der Waals surface area contributed by atoms with Gasteiger partial charge in [0.25, 0.3) is 0 Å². The van der Waals surface area contributed by atoms with Crippen molar-refractivity contribution in [2.75, 3.05) is 5.73 Å². The van der Waals surface area contributed by atoms with E-state index in [1.54, 1.807) is 12.1 Å². The third kappa shape index (κ3) is 2.74. The summed E-state index contributed by atoms with van der Waals surface area (Å²) in [4.78, 5) is 11.7. The maximum absolute atomic E-state index is 11.7. The second-order valence-corrected chi connectivity index (χ2v) is 6.74. The summed E-state index contributed by atoms with van der Waals surface area (Å²) in [6, 6.07) is 21.1. The Hall–Kier alpha value is -3.11. The minimum absolute atomic E-state index is 0.247. The van der Waals surface area contributed by atoms with Gasteiger partial charge in [-0.25, -0.2) is 0 Å². The van der Waals surface area contributed by atoms with Crippen LogP contribution < -0.4 is 11.5 Å². The molecule has 3 aromatic rings. The number of aliphatic hydroxyl groups excluding tert-OH is 1. The van der Waals surface area contributed by atoms with Crippen molar-refractivity contribution in [1.82, 2.24) is 0 Å². The number of nitrogens with two attached hydrogens (primary N) is 2. The molecular formula is C22H20N2O2. The molecule has 0 bridgehead atoms. The third-order valence-corrected chi connectivity index (χ3v) is 5.07. The van der Waals surface area contributed by atoms with Crippen LogP contribution in [0.15, 0.2) is 66.7 Å². The topological polar surface area (TPSA) is 89.3 Å². The molecule has 4 heteroatoms. The Balaban J connectivity index is 1.94. The number of hydrogen-bond acceptors (Lipinski definition) is 3. The molecule has 0 saturated carbocycles. The Labute approximate surface area is 152 Å². The van der Waals surface area contributed by atoms with E-state index in [1.807, 2.05) is 54.6 Å². The lowest BCUT2D eigenvalue weighted by molar-refractivity contribution is 0.1000. The van der Waals surface area contributed by atoms with Crippen molar-refractivity contribution in [2.45, 2.75) is 18.4 Å². The molecule has 2 atom stereocenters. The number of aliphatic hydroxyl groups is 1. The van der Waals surface area contributed by atoms with Crippen LogP contribution in [0.25, 0.3) is 11.1 Å². The number of fused-ring (bicyclic) bond motifs is 1. The van der Waals surface area contributed by atoms with Crippen LogP contribution in [-0.2, 0) is 6.42 Å². The van der Waals surface area contributed by atoms with E-state index >= 15 is 0 Å². The maximum atomic E-state index is 11.7. The number of amides is 1. The lowest BCUT2D eigenvalue weighted by atomic mass is 9.84. The van der Waals surface area contributed by atoms with Gasteiger partial charge in [-0.05, 0) is 58.5 Å². The lowest BCUT2D eigenvalue weighted by Gasteiger charge is -2.21. The van der Waals surface area contributed by atoms with Crippen molar-refractivity contribution in [3.8, 4) is 11.1 Å². The fourth-order valence-corrected chi connectivity index (χ4v) is 3.87. The first kappa shape index (κ1) is 16.4. The normalized spacial score (nSPS) is 18.5. The predicted octanol–water partition coefficient (Wildman–Crippen LogP) is 3.08. The number of hydrogen-bond donors (Lipinski definition) is 3. The van der Waals surface area contributed by atoms with Gasteiger partial charge in [0.2, 0.25) is 5.91 Å². The molecule has 1 aliphatic rings. The predicted molar refractivity (Wildman–Crippen MR) is 103 cm³/mol. The lowest BCUT2D eigenvalue weighted by Crippen LogP contribution is -2.17. The van der Waals surface area contributed by atoms with Gasteiger partial charge in [-0.15, -0.1) is 0 Å². The van der Waals surface area contributed by atoms with E-state index in [0.29, 0.717) is 17.7 Å². The summed E-state index contributed by atoms with van der Waals surface area (Å²) in [5, 5.41) is 10.8. The minimum Gasteiger partial charge on any atom is -0.399 e. The minimum atomic E-state index is -0.572. The van der Waals surface area contributed by atoms with Gasteiger partial charge in [-0.1, -0.05) is 42.5 Å². The summed E-state index contributed by atoms with van der Waals surface area (Å²) in [6.45, 7) is 0. The van der Waals surface area contributed by atoms with Crippen molar-refractivity contribution in [3.63, 3.8) is 0 Å². The summed E-state index contributed by atoms with van der Waals surface area (Å²) in [6.07, 6.45) is -0.00707. The molecule has 0 heterocycles. The van der Waals surface area contributed by atoms with Crippen LogP contribution in [0.3, 0.4) is 0 Å². The van der Waals surface area contributed by atoms with Gasteiger partial charge in [0.1, 0.15) is 0 Å². The molecule has 2 unspecified atom stereocenters. The van der Waals surface area contributed by atoms with Crippen molar-refractivity contribution < 1.29 is 9.90 Å². The fourth-order valence-electron chi connectivity index (χ4n) is 3.87. The number of rotatable bonds is 3. The van der Waals surface area contributed by atoms with Gasteiger partial charge in [0.05, 0.1) is 6.10 Å². The first-order chi connectivity index (χ1) is 12.5. The summed E-state index contributed by atoms with van der Waals surface area (Å²) in [5.74, 6) is -0.728. The number of anilines is 1. The van der Waals surface area contributed by atoms with Crippen LogP contribution in [-0.4, -0.2) is 17.1 Å². The van der Waals surface area contributed by atoms with Crippen molar-refractivity contribution in [2.24, 2.45) is 5.73 Å². The van der Waals surface area contributed by atoms with Gasteiger partial charge in [-0.2, -0.15) is 0 Å². The fraction of sp³-hybridized carbons (Fsp3) is 0.136. The van der Waals surface area contributed by atoms with Crippen molar-refractivity contribution in [1.29, 1.82) is 0 Å². The molecule has 1 amide bonds. The van der Waals surface area contributed by atoms with Gasteiger partial charge < -0.3 is 16.6 Å². The zero-order valence-corrected chi connectivity index (χ0v) is 14.2. The number of primary amides is 1. The highest BCUT2D eigenvalue weighted by atomic mass is 16.3. The molecule has 0 saturated heterocycles. The Morgan fingerprint density at radius 3 is 2.46 bits per heavy atom. The highest BCUT2D eigenvalue weighted by Crippen LogP contribution is 2.43. The van der Waals surface area contributed by atoms with Crippen LogP contribution in [0.5, 0.6) is 0 Å². The average Bonchev–Trinajstić information content (AvgIpc) is 2.96. The highest BCUT2D eigenvalue weighted by molar-refractivity contribution is 5.94. The molecule has 3 aromatic carbocycles. The monoisotopic (exact) mass is 344 g/mol. The second-order valence-electron chi connectivity index (χ2n) is 6.74. The van der Waals surface area contributed by atoms with Gasteiger partial charge in [-0.3, -0.25) is 4.79 Å². The molecule has 26 heavy (non-hydrogen) atoms. The van der Waals surface area contributed by atoms with Crippen molar-refractivity contribution >= 4 is 11.6 Å². The standard InChI is InChI=1S/C22H20N2O2/c23-16-8-6-14-11-20(25)21(18(14)12-16)19-10-15(22(24)26)7-9-17(19)13-4-2-1-3-5-13/h1-10,12,20-21,25H,11,23H2,(H2,24,26). The van der Waals surface area contributed by atoms with Crippen molar-refractivity contribution in [3.05, 3.63) is 89.0 Å². The van der Waals surface area contributed by atoms with E-state index in [0.717, 1.165) is 27.8 Å². The molecule has 130 valence electrons. The third-order valence-electron chi connectivity index (χ3n) is 5.07. The van der Waals surface area contributed by atoms with Crippen LogP contribution >= 0.6 is 0 Å². The molecular weight excluding hydrogens is 324 g/mol. The Morgan fingerprint density at radius 1 is 0.962 bits per heavy atom. The summed E-state index contributed by atoms with van der Waals surface area (Å²) >= 11 is 0. The number of nitrogen functional groups attached to an aromatic ring is 1. The first-order valence-corrected chi connectivity index (χ1v) is 8.60. The maximum Gasteiger partial charge on any atom is 0.248 e. The average molecular weight is 344 g/mol. The highest BCUT2D eigenvalue weighted by Gasteiger charge is 2.34. The van der Waals surface area contributed by atoms with Crippen LogP contribution in [0, 0.1) is 0 Å². The Morgan fingerprint density at radius 2 is 1.73 bits per heavy atom. The SMILES string of the molecule is NC(=O)c1ccc(-c2ccccc2)c(C2c3cc(N)ccc3CC2O)c1. The molecule has 0 fully saturated rings. The van der Waals surface area contributed by atoms with Crippen LogP contribution in [0.2, 0.25) is 0 Å². The van der Waals surface area contributed by atoms with E-state index in [1.165, 1.54) is 0 Å². The molecule has 0 spiro atoms.